The van der Waals surface area contributed by atoms with Gasteiger partial charge in [-0.15, -0.1) is 11.3 Å². The van der Waals surface area contributed by atoms with Gasteiger partial charge < -0.3 is 16.0 Å². The number of thiophene rings is 1. The second-order valence-electron chi connectivity index (χ2n) is 6.62. The first-order valence-corrected chi connectivity index (χ1v) is 10.3. The number of anilines is 1. The van der Waals surface area contributed by atoms with Crippen LogP contribution in [0.5, 0.6) is 0 Å². The number of carbonyl (C=O) groups is 3. The molecule has 2 aromatic rings. The molecule has 2 rings (SSSR count). The van der Waals surface area contributed by atoms with Gasteiger partial charge >= 0.3 is 0 Å². The molecule has 0 radical (unpaired) electrons. The van der Waals surface area contributed by atoms with Crippen LogP contribution in [-0.4, -0.2) is 30.3 Å². The van der Waals surface area contributed by atoms with Gasteiger partial charge in [-0.3, -0.25) is 14.4 Å². The minimum atomic E-state index is -0.627. The largest absolute Gasteiger partial charge is 0.354 e. The van der Waals surface area contributed by atoms with Gasteiger partial charge in [0, 0.05) is 23.7 Å². The van der Waals surface area contributed by atoms with Gasteiger partial charge in [0.1, 0.15) is 6.04 Å². The zero-order chi connectivity index (χ0) is 20.5. The fraction of sp³-hybridized carbons (Fsp3) is 0.350. The molecule has 6 nitrogen and oxygen atoms in total. The highest BCUT2D eigenvalue weighted by molar-refractivity contribution is 7.12. The Morgan fingerprint density at radius 1 is 1.11 bits per heavy atom. The summed E-state index contributed by atoms with van der Waals surface area (Å²) in [7, 11) is 0. The lowest BCUT2D eigenvalue weighted by atomic mass is 10.0. The second kappa shape index (κ2) is 10.8. The first kappa shape index (κ1) is 21.9. The normalized spacial score (nSPS) is 11.7. The molecule has 1 heterocycles. The summed E-state index contributed by atoms with van der Waals surface area (Å²) in [5.41, 5.74) is 0.676. The van der Waals surface area contributed by atoms with Crippen LogP contribution in [0, 0.1) is 5.92 Å². The van der Waals surface area contributed by atoms with Gasteiger partial charge in [-0.25, -0.2) is 0 Å². The lowest BCUT2D eigenvalue weighted by Gasteiger charge is -2.21. The molecule has 0 aliphatic carbocycles. The highest BCUT2D eigenvalue weighted by Gasteiger charge is 2.24. The second-order valence-corrected chi connectivity index (χ2v) is 8.01. The highest BCUT2D eigenvalue weighted by atomic mass is 35.5. The molecule has 0 aliphatic heterocycles. The average Bonchev–Trinajstić information content (AvgIpc) is 3.19. The molecule has 0 bridgehead atoms. The van der Waals surface area contributed by atoms with Crippen molar-refractivity contribution in [2.45, 2.75) is 32.7 Å². The van der Waals surface area contributed by atoms with Gasteiger partial charge in [-0.1, -0.05) is 31.5 Å². The monoisotopic (exact) mass is 421 g/mol. The van der Waals surface area contributed by atoms with Gasteiger partial charge in [-0.05, 0) is 48.1 Å². The van der Waals surface area contributed by atoms with E-state index in [-0.39, 0.29) is 30.1 Å². The Bertz CT molecular complexity index is 792. The molecule has 0 saturated carbocycles. The Balaban J connectivity index is 1.73. The van der Waals surface area contributed by atoms with Crippen LogP contribution in [0.1, 0.15) is 36.4 Å². The number of benzene rings is 1. The lowest BCUT2D eigenvalue weighted by molar-refractivity contribution is -0.124. The van der Waals surface area contributed by atoms with Gasteiger partial charge in [0.15, 0.2) is 0 Å². The number of hydrogen-bond acceptors (Lipinski definition) is 4. The van der Waals surface area contributed by atoms with Gasteiger partial charge in [-0.2, -0.15) is 0 Å². The molecule has 150 valence electrons. The van der Waals surface area contributed by atoms with E-state index in [1.165, 1.54) is 11.3 Å². The quantitative estimate of drug-likeness (QED) is 0.539. The summed E-state index contributed by atoms with van der Waals surface area (Å²) in [5.74, 6) is -0.704. The third-order valence-corrected chi connectivity index (χ3v) is 5.11. The summed E-state index contributed by atoms with van der Waals surface area (Å²) in [6, 6.07) is 9.74. The SMILES string of the molecule is CC(C)C(NC(=O)c1cccs1)C(=O)NCCCC(=O)Nc1ccc(Cl)cc1. The molecule has 0 spiro atoms. The van der Waals surface area contributed by atoms with Crippen molar-refractivity contribution in [1.82, 2.24) is 10.6 Å². The van der Waals surface area contributed by atoms with Crippen LogP contribution in [-0.2, 0) is 9.59 Å². The highest BCUT2D eigenvalue weighted by Crippen LogP contribution is 2.14. The third kappa shape index (κ3) is 6.98. The molecule has 1 aromatic carbocycles. The number of amides is 3. The van der Waals surface area contributed by atoms with Crippen LogP contribution in [0.25, 0.3) is 0 Å². The van der Waals surface area contributed by atoms with E-state index in [1.807, 2.05) is 19.2 Å². The van der Waals surface area contributed by atoms with E-state index in [0.717, 1.165) is 0 Å². The number of nitrogens with one attached hydrogen (secondary N) is 3. The van der Waals surface area contributed by atoms with Crippen LogP contribution in [0.4, 0.5) is 5.69 Å². The first-order valence-electron chi connectivity index (χ1n) is 9.04. The Hall–Kier alpha value is -2.38. The summed E-state index contributed by atoms with van der Waals surface area (Å²) >= 11 is 7.14. The molecule has 1 aromatic heterocycles. The Morgan fingerprint density at radius 3 is 2.43 bits per heavy atom. The van der Waals surface area contributed by atoms with Crippen molar-refractivity contribution in [3.63, 3.8) is 0 Å². The first-order chi connectivity index (χ1) is 13.4. The van der Waals surface area contributed by atoms with Crippen LogP contribution in [0.15, 0.2) is 41.8 Å². The Morgan fingerprint density at radius 2 is 1.82 bits per heavy atom. The molecule has 28 heavy (non-hydrogen) atoms. The number of halogens is 1. The molecular weight excluding hydrogens is 398 g/mol. The van der Waals surface area contributed by atoms with E-state index >= 15 is 0 Å². The topological polar surface area (TPSA) is 87.3 Å². The molecule has 3 amide bonds. The van der Waals surface area contributed by atoms with Crippen molar-refractivity contribution in [1.29, 1.82) is 0 Å². The third-order valence-electron chi connectivity index (χ3n) is 3.99. The maximum atomic E-state index is 12.4. The van der Waals surface area contributed by atoms with Gasteiger partial charge in [0.2, 0.25) is 11.8 Å². The zero-order valence-corrected chi connectivity index (χ0v) is 17.4. The van der Waals surface area contributed by atoms with Crippen molar-refractivity contribution in [3.8, 4) is 0 Å². The van der Waals surface area contributed by atoms with Crippen LogP contribution < -0.4 is 16.0 Å². The summed E-state index contributed by atoms with van der Waals surface area (Å²) in [5, 5.41) is 10.8. The smallest absolute Gasteiger partial charge is 0.262 e. The fourth-order valence-electron chi connectivity index (χ4n) is 2.48. The molecule has 1 unspecified atom stereocenters. The molecule has 1 atom stereocenters. The molecular formula is C20H24ClN3O3S. The van der Waals surface area contributed by atoms with Crippen molar-refractivity contribution in [2.24, 2.45) is 5.92 Å². The standard InChI is InChI=1S/C20H24ClN3O3S/c1-13(2)18(24-19(26)16-5-4-12-28-16)20(27)22-11-3-6-17(25)23-15-9-7-14(21)8-10-15/h4-5,7-10,12-13,18H,3,6,11H2,1-2H3,(H,22,27)(H,23,25)(H,24,26). The van der Waals surface area contributed by atoms with Gasteiger partial charge in [0.05, 0.1) is 4.88 Å². The van der Waals surface area contributed by atoms with Crippen molar-refractivity contribution in [2.75, 3.05) is 11.9 Å². The molecule has 3 N–H and O–H groups in total. The van der Waals surface area contributed by atoms with Gasteiger partial charge in [0.25, 0.3) is 5.91 Å². The maximum absolute atomic E-state index is 12.4. The molecule has 0 fully saturated rings. The Labute approximate surface area is 173 Å². The van der Waals surface area contributed by atoms with E-state index in [1.54, 1.807) is 36.4 Å². The summed E-state index contributed by atoms with van der Waals surface area (Å²) < 4.78 is 0. The van der Waals surface area contributed by atoms with Crippen molar-refractivity contribution < 1.29 is 14.4 Å². The Kier molecular flexibility index (Phi) is 8.47. The van der Waals surface area contributed by atoms with E-state index in [0.29, 0.717) is 28.6 Å². The van der Waals surface area contributed by atoms with E-state index in [2.05, 4.69) is 16.0 Å². The van der Waals surface area contributed by atoms with Crippen molar-refractivity contribution in [3.05, 3.63) is 51.7 Å². The summed E-state index contributed by atoms with van der Waals surface area (Å²) in [4.78, 5) is 37.1. The summed E-state index contributed by atoms with van der Waals surface area (Å²) in [6.45, 7) is 4.10. The zero-order valence-electron chi connectivity index (χ0n) is 15.8. The average molecular weight is 422 g/mol. The van der Waals surface area contributed by atoms with Crippen LogP contribution >= 0.6 is 22.9 Å². The summed E-state index contributed by atoms with van der Waals surface area (Å²) in [6.07, 6.45) is 0.769. The predicted octanol–water partition coefficient (Wildman–Crippen LogP) is 3.69. The number of carbonyl (C=O) groups excluding carboxylic acids is 3. The number of rotatable bonds is 9. The van der Waals surface area contributed by atoms with E-state index in [4.69, 9.17) is 11.6 Å². The molecule has 0 aliphatic rings. The number of hydrogen-bond donors (Lipinski definition) is 3. The van der Waals surface area contributed by atoms with Crippen molar-refractivity contribution >= 4 is 46.3 Å². The minimum Gasteiger partial charge on any atom is -0.354 e. The molecule has 8 heteroatoms. The van der Waals surface area contributed by atoms with Crippen LogP contribution in [0.3, 0.4) is 0 Å². The fourth-order valence-corrected chi connectivity index (χ4v) is 3.24. The van der Waals surface area contributed by atoms with E-state index < -0.39 is 6.04 Å². The molecule has 0 saturated heterocycles. The maximum Gasteiger partial charge on any atom is 0.262 e. The minimum absolute atomic E-state index is 0.0582. The van der Waals surface area contributed by atoms with Crippen LogP contribution in [0.2, 0.25) is 5.02 Å². The van der Waals surface area contributed by atoms with E-state index in [9.17, 15) is 14.4 Å². The predicted molar refractivity (Wildman–Crippen MR) is 113 cm³/mol. The lowest BCUT2D eigenvalue weighted by Crippen LogP contribution is -2.49.